The fourth-order valence-corrected chi connectivity index (χ4v) is 2.42. The third kappa shape index (κ3) is 2.62. The van der Waals surface area contributed by atoms with Crippen molar-refractivity contribution in [1.29, 1.82) is 0 Å². The van der Waals surface area contributed by atoms with E-state index >= 15 is 0 Å². The molecule has 4 rings (SSSR count). The van der Waals surface area contributed by atoms with E-state index in [-0.39, 0.29) is 32.7 Å². The number of rotatable bonds is 1. The van der Waals surface area contributed by atoms with Gasteiger partial charge in [-0.25, -0.2) is 11.1 Å². The molecule has 0 aliphatic heterocycles. The average Bonchev–Trinajstić information content (AvgIpc) is 2.54. The second-order valence-electron chi connectivity index (χ2n) is 4.60. The zero-order chi connectivity index (χ0) is 13.4. The summed E-state index contributed by atoms with van der Waals surface area (Å²) in [5, 5.41) is 2.11. The van der Waals surface area contributed by atoms with Crippen LogP contribution in [0.15, 0.2) is 60.9 Å². The Morgan fingerprint density at radius 2 is 1.71 bits per heavy atom. The van der Waals surface area contributed by atoms with E-state index in [0.29, 0.717) is 0 Å². The number of aromatic nitrogens is 2. The van der Waals surface area contributed by atoms with Gasteiger partial charge >= 0.3 is 0 Å². The molecule has 97 valence electrons. The summed E-state index contributed by atoms with van der Waals surface area (Å²) in [4.78, 5) is 8.67. The van der Waals surface area contributed by atoms with Crippen molar-refractivity contribution in [3.05, 3.63) is 73.1 Å². The Morgan fingerprint density at radius 1 is 0.810 bits per heavy atom. The second kappa shape index (κ2) is 6.01. The molecule has 0 bridgehead atoms. The molecule has 2 aromatic heterocycles. The van der Waals surface area contributed by atoms with Gasteiger partial charge in [-0.15, -0.1) is 29.0 Å². The monoisotopic (exact) mass is 343 g/mol. The minimum atomic E-state index is 0. The van der Waals surface area contributed by atoms with Gasteiger partial charge in [0.25, 0.3) is 0 Å². The van der Waals surface area contributed by atoms with Gasteiger partial charge in [0.2, 0.25) is 0 Å². The van der Waals surface area contributed by atoms with Crippen molar-refractivity contribution < 1.29 is 32.7 Å². The normalized spacial score (nSPS) is 10.5. The molecular formula is C18H10N2Y-2. The van der Waals surface area contributed by atoms with Crippen molar-refractivity contribution in [2.75, 3.05) is 0 Å². The van der Waals surface area contributed by atoms with E-state index in [1.165, 1.54) is 0 Å². The first-order valence-corrected chi connectivity index (χ1v) is 6.45. The van der Waals surface area contributed by atoms with Gasteiger partial charge in [0, 0.05) is 44.4 Å². The SMILES string of the molecule is [Y].[c-]1cnc2ccccc2c1-c1[c-]c2cccnc2cc1. The Kier molecular flexibility index (Phi) is 4.09. The minimum Gasteiger partial charge on any atom is -0.297 e. The molecule has 0 saturated heterocycles. The van der Waals surface area contributed by atoms with E-state index in [2.05, 4.69) is 28.2 Å². The van der Waals surface area contributed by atoms with Crippen LogP contribution in [0.2, 0.25) is 0 Å². The molecule has 0 unspecified atom stereocenters. The summed E-state index contributed by atoms with van der Waals surface area (Å²) < 4.78 is 0. The molecule has 0 N–H and O–H groups in total. The first-order chi connectivity index (χ1) is 9.92. The fraction of sp³-hybridized carbons (Fsp3) is 0. The molecule has 2 aromatic carbocycles. The number of fused-ring (bicyclic) bond motifs is 2. The van der Waals surface area contributed by atoms with Crippen LogP contribution in [0.25, 0.3) is 32.9 Å². The smallest absolute Gasteiger partial charge is 0.0109 e. The van der Waals surface area contributed by atoms with Crippen LogP contribution in [0.1, 0.15) is 0 Å². The van der Waals surface area contributed by atoms with Crippen LogP contribution < -0.4 is 0 Å². The fourth-order valence-electron chi connectivity index (χ4n) is 2.42. The van der Waals surface area contributed by atoms with Gasteiger partial charge in [-0.2, -0.15) is 18.2 Å². The Hall–Kier alpha value is -1.64. The molecule has 0 aliphatic carbocycles. The number of para-hydroxylation sites is 1. The van der Waals surface area contributed by atoms with Crippen LogP contribution in [-0.2, 0) is 32.7 Å². The number of hydrogen-bond acceptors (Lipinski definition) is 2. The first kappa shape index (κ1) is 14.3. The van der Waals surface area contributed by atoms with Crippen molar-refractivity contribution in [3.8, 4) is 11.1 Å². The summed E-state index contributed by atoms with van der Waals surface area (Å²) in [6.07, 6.45) is 3.52. The molecule has 0 aliphatic rings. The molecule has 3 heteroatoms. The molecule has 2 heterocycles. The van der Waals surface area contributed by atoms with Crippen LogP contribution in [0, 0.1) is 12.1 Å². The van der Waals surface area contributed by atoms with Crippen LogP contribution in [-0.4, -0.2) is 9.97 Å². The first-order valence-electron chi connectivity index (χ1n) is 6.45. The molecule has 0 spiro atoms. The second-order valence-corrected chi connectivity index (χ2v) is 4.60. The van der Waals surface area contributed by atoms with Gasteiger partial charge in [-0.05, 0) is 17.8 Å². The standard InChI is InChI=1S/C18H10N2.Y/c1-2-6-18-16(5-1)15(9-11-20-18)13-7-8-17-14(12-13)4-3-10-19-17;/h1-8,10-11H;/q-2;. The minimum absolute atomic E-state index is 0. The Balaban J connectivity index is 0.00000132. The molecule has 1 radical (unpaired) electrons. The maximum Gasteiger partial charge on any atom is 0.0109 e. The largest absolute Gasteiger partial charge is 0.297 e. The third-order valence-electron chi connectivity index (χ3n) is 3.37. The molecule has 0 atom stereocenters. The predicted octanol–water partition coefficient (Wildman–Crippen LogP) is 4.05. The van der Waals surface area contributed by atoms with Crippen LogP contribution in [0.5, 0.6) is 0 Å². The van der Waals surface area contributed by atoms with Gasteiger partial charge in [0.15, 0.2) is 0 Å². The third-order valence-corrected chi connectivity index (χ3v) is 3.37. The van der Waals surface area contributed by atoms with E-state index in [1.807, 2.05) is 42.5 Å². The van der Waals surface area contributed by atoms with Gasteiger partial charge in [0.05, 0.1) is 0 Å². The summed E-state index contributed by atoms with van der Waals surface area (Å²) in [6, 6.07) is 22.7. The predicted molar refractivity (Wildman–Crippen MR) is 80.2 cm³/mol. The number of benzene rings is 2. The van der Waals surface area contributed by atoms with Crippen molar-refractivity contribution in [1.82, 2.24) is 9.97 Å². The summed E-state index contributed by atoms with van der Waals surface area (Å²) in [5.74, 6) is 0. The van der Waals surface area contributed by atoms with Gasteiger partial charge in [-0.3, -0.25) is 9.97 Å². The molecule has 0 amide bonds. The molecule has 21 heavy (non-hydrogen) atoms. The molecular weight excluding hydrogens is 333 g/mol. The van der Waals surface area contributed by atoms with Crippen LogP contribution >= 0.6 is 0 Å². The van der Waals surface area contributed by atoms with E-state index in [4.69, 9.17) is 0 Å². The zero-order valence-electron chi connectivity index (χ0n) is 11.2. The maximum atomic E-state index is 4.35. The number of pyridine rings is 2. The summed E-state index contributed by atoms with van der Waals surface area (Å²) >= 11 is 0. The number of nitrogens with zero attached hydrogens (tertiary/aromatic N) is 2. The average molecular weight is 343 g/mol. The van der Waals surface area contributed by atoms with Crippen molar-refractivity contribution in [2.45, 2.75) is 0 Å². The van der Waals surface area contributed by atoms with Gasteiger partial charge in [-0.1, -0.05) is 18.2 Å². The van der Waals surface area contributed by atoms with Crippen molar-refractivity contribution >= 4 is 21.8 Å². The van der Waals surface area contributed by atoms with E-state index in [0.717, 1.165) is 32.9 Å². The summed E-state index contributed by atoms with van der Waals surface area (Å²) in [6.45, 7) is 0. The zero-order valence-corrected chi connectivity index (χ0v) is 14.1. The topological polar surface area (TPSA) is 25.8 Å². The van der Waals surface area contributed by atoms with E-state index < -0.39 is 0 Å². The van der Waals surface area contributed by atoms with E-state index in [9.17, 15) is 0 Å². The molecule has 0 saturated carbocycles. The van der Waals surface area contributed by atoms with Gasteiger partial charge < -0.3 is 0 Å². The van der Waals surface area contributed by atoms with Crippen molar-refractivity contribution in [2.24, 2.45) is 0 Å². The quantitative estimate of drug-likeness (QED) is 0.488. The molecule has 4 aromatic rings. The Labute approximate surface area is 148 Å². The Morgan fingerprint density at radius 3 is 2.67 bits per heavy atom. The van der Waals surface area contributed by atoms with E-state index in [1.54, 1.807) is 12.4 Å². The van der Waals surface area contributed by atoms with Crippen LogP contribution in [0.3, 0.4) is 0 Å². The number of hydrogen-bond donors (Lipinski definition) is 0. The Bertz CT molecular complexity index is 913. The van der Waals surface area contributed by atoms with Crippen LogP contribution in [0.4, 0.5) is 0 Å². The summed E-state index contributed by atoms with van der Waals surface area (Å²) in [5.41, 5.74) is 3.97. The summed E-state index contributed by atoms with van der Waals surface area (Å²) in [7, 11) is 0. The molecule has 2 nitrogen and oxygen atoms in total. The van der Waals surface area contributed by atoms with Crippen molar-refractivity contribution in [3.63, 3.8) is 0 Å². The maximum absolute atomic E-state index is 4.35. The molecule has 0 fully saturated rings. The van der Waals surface area contributed by atoms with Gasteiger partial charge in [0.1, 0.15) is 0 Å².